The van der Waals surface area contributed by atoms with E-state index in [-0.39, 0.29) is 25.3 Å². The Kier molecular flexibility index (Phi) is 5.81. The number of fused-ring (bicyclic) bond motifs is 1. The lowest BCUT2D eigenvalue weighted by atomic mass is 10.0. The quantitative estimate of drug-likeness (QED) is 0.844. The lowest BCUT2D eigenvalue weighted by Crippen LogP contribution is -2.56. The molecule has 2 heterocycles. The molecular formula is C19H28N2O4. The zero-order chi connectivity index (χ0) is 17.8. The van der Waals surface area contributed by atoms with Crippen molar-refractivity contribution in [3.63, 3.8) is 0 Å². The number of hydrogen-bond donors (Lipinski definition) is 1. The van der Waals surface area contributed by atoms with E-state index >= 15 is 0 Å². The lowest BCUT2D eigenvalue weighted by Gasteiger charge is -2.42. The van der Waals surface area contributed by atoms with E-state index in [0.717, 1.165) is 30.9 Å². The van der Waals surface area contributed by atoms with Crippen molar-refractivity contribution in [1.29, 1.82) is 0 Å². The average Bonchev–Trinajstić information content (AvgIpc) is 3.04. The summed E-state index contributed by atoms with van der Waals surface area (Å²) in [7, 11) is 0. The van der Waals surface area contributed by atoms with Gasteiger partial charge in [0.1, 0.15) is 0 Å². The van der Waals surface area contributed by atoms with Crippen LogP contribution >= 0.6 is 0 Å². The van der Waals surface area contributed by atoms with Crippen LogP contribution in [0.15, 0.2) is 18.2 Å². The van der Waals surface area contributed by atoms with Crippen molar-refractivity contribution in [3.05, 3.63) is 23.8 Å². The molecule has 138 valence electrons. The van der Waals surface area contributed by atoms with E-state index in [1.165, 1.54) is 0 Å². The molecule has 1 amide bonds. The lowest BCUT2D eigenvalue weighted by molar-refractivity contribution is -0.133. The van der Waals surface area contributed by atoms with Crippen LogP contribution in [0.3, 0.4) is 0 Å². The summed E-state index contributed by atoms with van der Waals surface area (Å²) in [6.45, 7) is 8.12. The molecule has 6 heteroatoms. The van der Waals surface area contributed by atoms with Gasteiger partial charge in [0.25, 0.3) is 0 Å². The molecule has 0 bridgehead atoms. The summed E-state index contributed by atoms with van der Waals surface area (Å²) in [6.07, 6.45) is 1.08. The number of aliphatic hydroxyl groups excluding tert-OH is 1. The van der Waals surface area contributed by atoms with Gasteiger partial charge in [0, 0.05) is 38.8 Å². The van der Waals surface area contributed by atoms with Crippen LogP contribution in [0.5, 0.6) is 11.5 Å². The number of nitrogens with zero attached hydrogens (tertiary/aromatic N) is 2. The minimum Gasteiger partial charge on any atom is -0.454 e. The summed E-state index contributed by atoms with van der Waals surface area (Å²) in [5.74, 6) is 2.16. The molecule has 1 aromatic carbocycles. The predicted molar refractivity (Wildman–Crippen MR) is 94.8 cm³/mol. The predicted octanol–water partition coefficient (Wildman–Crippen LogP) is 1.51. The Morgan fingerprint density at radius 2 is 2.08 bits per heavy atom. The molecule has 0 spiro atoms. The van der Waals surface area contributed by atoms with Crippen molar-refractivity contribution in [2.75, 3.05) is 39.6 Å². The summed E-state index contributed by atoms with van der Waals surface area (Å²) < 4.78 is 10.7. The molecular weight excluding hydrogens is 320 g/mol. The second kappa shape index (κ2) is 8.06. The highest BCUT2D eigenvalue weighted by Crippen LogP contribution is 2.32. The van der Waals surface area contributed by atoms with Crippen LogP contribution in [-0.2, 0) is 11.2 Å². The third kappa shape index (κ3) is 4.44. The first-order valence-corrected chi connectivity index (χ1v) is 9.08. The first-order valence-electron chi connectivity index (χ1n) is 9.08. The van der Waals surface area contributed by atoms with Crippen LogP contribution in [0.25, 0.3) is 0 Å². The first kappa shape index (κ1) is 18.0. The highest BCUT2D eigenvalue weighted by Gasteiger charge is 2.29. The van der Waals surface area contributed by atoms with Gasteiger partial charge < -0.3 is 19.5 Å². The van der Waals surface area contributed by atoms with Gasteiger partial charge in [0.05, 0.1) is 6.42 Å². The van der Waals surface area contributed by atoms with Gasteiger partial charge in [0.2, 0.25) is 12.7 Å². The van der Waals surface area contributed by atoms with Crippen LogP contribution < -0.4 is 9.47 Å². The molecule has 2 aliphatic rings. The number of amides is 1. The highest BCUT2D eigenvalue weighted by atomic mass is 16.7. The topological polar surface area (TPSA) is 62.2 Å². The van der Waals surface area contributed by atoms with Crippen molar-refractivity contribution in [2.45, 2.75) is 32.7 Å². The fraction of sp³-hybridized carbons (Fsp3) is 0.632. The van der Waals surface area contributed by atoms with Gasteiger partial charge in [-0.05, 0) is 30.0 Å². The number of ether oxygens (including phenoxy) is 2. The van der Waals surface area contributed by atoms with E-state index in [4.69, 9.17) is 9.47 Å². The maximum absolute atomic E-state index is 12.7. The normalized spacial score (nSPS) is 20.3. The molecule has 1 atom stereocenters. The monoisotopic (exact) mass is 348 g/mol. The molecule has 0 unspecified atom stereocenters. The third-order valence-corrected chi connectivity index (χ3v) is 4.81. The number of rotatable bonds is 6. The van der Waals surface area contributed by atoms with Crippen LogP contribution in [0.1, 0.15) is 25.8 Å². The van der Waals surface area contributed by atoms with Crippen LogP contribution in [-0.4, -0.2) is 66.4 Å². The number of piperazine rings is 1. The standard InChI is InChI=1S/C19H28N2O4/c1-14(2)11-20-6-7-21(12-16(20)5-8-22)19(23)10-15-3-4-17-18(9-15)25-13-24-17/h3-4,9,14,16,22H,5-8,10-13H2,1-2H3/t16-/m1/s1. The summed E-state index contributed by atoms with van der Waals surface area (Å²) in [4.78, 5) is 17.1. The molecule has 1 fully saturated rings. The molecule has 0 radical (unpaired) electrons. The van der Waals surface area contributed by atoms with E-state index in [1.807, 2.05) is 23.1 Å². The fourth-order valence-corrected chi connectivity index (χ4v) is 3.59. The third-order valence-electron chi connectivity index (χ3n) is 4.81. The minimum atomic E-state index is 0.131. The molecule has 2 aliphatic heterocycles. The van der Waals surface area contributed by atoms with Gasteiger partial charge in [-0.15, -0.1) is 0 Å². The maximum atomic E-state index is 12.7. The van der Waals surface area contributed by atoms with Crippen molar-refractivity contribution >= 4 is 5.91 Å². The van der Waals surface area contributed by atoms with Gasteiger partial charge >= 0.3 is 0 Å². The molecule has 0 saturated carbocycles. The van der Waals surface area contributed by atoms with E-state index < -0.39 is 0 Å². The number of benzene rings is 1. The Hall–Kier alpha value is -1.79. The Morgan fingerprint density at radius 1 is 1.28 bits per heavy atom. The molecule has 1 N–H and O–H groups in total. The summed E-state index contributed by atoms with van der Waals surface area (Å²) in [5, 5.41) is 9.36. The van der Waals surface area contributed by atoms with E-state index in [1.54, 1.807) is 0 Å². The largest absolute Gasteiger partial charge is 0.454 e. The number of hydrogen-bond acceptors (Lipinski definition) is 5. The first-order chi connectivity index (χ1) is 12.1. The summed E-state index contributed by atoms with van der Waals surface area (Å²) >= 11 is 0. The number of carbonyl (C=O) groups excluding carboxylic acids is 1. The Morgan fingerprint density at radius 3 is 2.84 bits per heavy atom. The fourth-order valence-electron chi connectivity index (χ4n) is 3.59. The SMILES string of the molecule is CC(C)CN1CCN(C(=O)Cc2ccc3c(c2)OCO3)C[C@H]1CCO. The maximum Gasteiger partial charge on any atom is 0.231 e. The van der Waals surface area contributed by atoms with Crippen LogP contribution in [0.2, 0.25) is 0 Å². The number of carbonyl (C=O) groups is 1. The zero-order valence-corrected chi connectivity index (χ0v) is 15.1. The summed E-state index contributed by atoms with van der Waals surface area (Å²) in [6, 6.07) is 5.91. The molecule has 1 aromatic rings. The second-order valence-corrected chi connectivity index (χ2v) is 7.26. The second-order valence-electron chi connectivity index (χ2n) is 7.26. The van der Waals surface area contributed by atoms with Gasteiger partial charge in [-0.2, -0.15) is 0 Å². The molecule has 0 aromatic heterocycles. The molecule has 1 saturated heterocycles. The highest BCUT2D eigenvalue weighted by molar-refractivity contribution is 5.79. The Labute approximate surface area is 149 Å². The number of aliphatic hydroxyl groups is 1. The smallest absolute Gasteiger partial charge is 0.231 e. The molecule has 3 rings (SSSR count). The van der Waals surface area contributed by atoms with Crippen LogP contribution in [0.4, 0.5) is 0 Å². The van der Waals surface area contributed by atoms with Gasteiger partial charge in [0.15, 0.2) is 11.5 Å². The van der Waals surface area contributed by atoms with E-state index in [2.05, 4.69) is 18.7 Å². The van der Waals surface area contributed by atoms with Crippen molar-refractivity contribution in [3.8, 4) is 11.5 Å². The van der Waals surface area contributed by atoms with Gasteiger partial charge in [-0.3, -0.25) is 9.69 Å². The average molecular weight is 348 g/mol. The van der Waals surface area contributed by atoms with E-state index in [0.29, 0.717) is 31.1 Å². The molecule has 6 nitrogen and oxygen atoms in total. The zero-order valence-electron chi connectivity index (χ0n) is 15.1. The molecule has 0 aliphatic carbocycles. The van der Waals surface area contributed by atoms with Crippen molar-refractivity contribution < 1.29 is 19.4 Å². The van der Waals surface area contributed by atoms with E-state index in [9.17, 15) is 9.90 Å². The van der Waals surface area contributed by atoms with Crippen LogP contribution in [0, 0.1) is 5.92 Å². The Bertz CT molecular complexity index is 605. The van der Waals surface area contributed by atoms with Crippen molar-refractivity contribution in [1.82, 2.24) is 9.80 Å². The molecule has 25 heavy (non-hydrogen) atoms. The summed E-state index contributed by atoms with van der Waals surface area (Å²) in [5.41, 5.74) is 0.942. The van der Waals surface area contributed by atoms with Crippen molar-refractivity contribution in [2.24, 2.45) is 5.92 Å². The van der Waals surface area contributed by atoms with Gasteiger partial charge in [-0.25, -0.2) is 0 Å². The Balaban J connectivity index is 1.60. The van der Waals surface area contributed by atoms with Gasteiger partial charge in [-0.1, -0.05) is 19.9 Å². The minimum absolute atomic E-state index is 0.131.